The van der Waals surface area contributed by atoms with Gasteiger partial charge in [-0.15, -0.1) is 16.4 Å². The van der Waals surface area contributed by atoms with Gasteiger partial charge in [0.15, 0.2) is 0 Å². The lowest BCUT2D eigenvalue weighted by molar-refractivity contribution is 0.0504. The molecule has 3 aliphatic heterocycles. The van der Waals surface area contributed by atoms with Crippen LogP contribution >= 0.6 is 11.3 Å². The molecule has 1 N–H and O–H groups in total. The van der Waals surface area contributed by atoms with E-state index in [9.17, 15) is 5.11 Å². The predicted octanol–water partition coefficient (Wildman–Crippen LogP) is 3.43. The summed E-state index contributed by atoms with van der Waals surface area (Å²) in [5.74, 6) is 0.740. The third-order valence-corrected chi connectivity index (χ3v) is 6.85. The smallest absolute Gasteiger partial charge is 0.113 e. The molecular formula is C20H22N4OS. The quantitative estimate of drug-likeness (QED) is 0.769. The topological polar surface area (TPSA) is 54.2 Å². The zero-order valence-electron chi connectivity index (χ0n) is 14.6. The molecule has 2 bridgehead atoms. The van der Waals surface area contributed by atoms with Gasteiger partial charge >= 0.3 is 0 Å². The van der Waals surface area contributed by atoms with Gasteiger partial charge in [-0.2, -0.15) is 0 Å². The number of aliphatic hydroxyl groups is 1. The van der Waals surface area contributed by atoms with Crippen LogP contribution in [0.15, 0.2) is 42.6 Å². The van der Waals surface area contributed by atoms with E-state index in [4.69, 9.17) is 0 Å². The number of hydrogen-bond donors (Lipinski definition) is 1. The van der Waals surface area contributed by atoms with Crippen molar-refractivity contribution in [3.8, 4) is 21.7 Å². The fraction of sp³-hybridized carbons (Fsp3) is 0.400. The fourth-order valence-corrected chi connectivity index (χ4v) is 5.12. The Morgan fingerprint density at radius 1 is 1.12 bits per heavy atom. The van der Waals surface area contributed by atoms with E-state index in [1.165, 1.54) is 30.8 Å². The number of rotatable bonds is 4. The van der Waals surface area contributed by atoms with Crippen molar-refractivity contribution >= 4 is 11.3 Å². The molecule has 6 rings (SSSR count). The lowest BCUT2D eigenvalue weighted by Crippen LogP contribution is -2.48. The van der Waals surface area contributed by atoms with Gasteiger partial charge in [-0.1, -0.05) is 23.4 Å². The molecule has 6 heteroatoms. The first-order valence-corrected chi connectivity index (χ1v) is 10.1. The summed E-state index contributed by atoms with van der Waals surface area (Å²) in [6.45, 7) is 3.67. The van der Waals surface area contributed by atoms with Crippen LogP contribution in [0.1, 0.15) is 23.8 Å². The molecule has 3 fully saturated rings. The molecule has 5 nitrogen and oxygen atoms in total. The highest BCUT2D eigenvalue weighted by molar-refractivity contribution is 7.15. The average molecular weight is 366 g/mol. The summed E-state index contributed by atoms with van der Waals surface area (Å²) < 4.78 is 2.09. The van der Waals surface area contributed by atoms with Crippen molar-refractivity contribution in [2.24, 2.45) is 5.92 Å². The van der Waals surface area contributed by atoms with Crippen molar-refractivity contribution in [2.75, 3.05) is 19.6 Å². The zero-order chi connectivity index (χ0) is 17.5. The van der Waals surface area contributed by atoms with Gasteiger partial charge in [0.2, 0.25) is 0 Å². The Bertz CT molecular complexity index is 910. The van der Waals surface area contributed by atoms with Crippen molar-refractivity contribution in [3.05, 3.63) is 47.5 Å². The second kappa shape index (κ2) is 6.61. The summed E-state index contributed by atoms with van der Waals surface area (Å²) >= 11 is 1.63. The van der Waals surface area contributed by atoms with Crippen LogP contribution in [0, 0.1) is 5.92 Å². The van der Waals surface area contributed by atoms with Gasteiger partial charge in [0, 0.05) is 21.9 Å². The van der Waals surface area contributed by atoms with Crippen LogP contribution in [-0.2, 0) is 6.61 Å². The first-order chi connectivity index (χ1) is 12.8. The van der Waals surface area contributed by atoms with Gasteiger partial charge in [-0.05, 0) is 55.6 Å². The number of fused-ring (bicyclic) bond motifs is 3. The highest BCUT2D eigenvalue weighted by atomic mass is 32.1. The van der Waals surface area contributed by atoms with Crippen LogP contribution in [-0.4, -0.2) is 44.6 Å². The van der Waals surface area contributed by atoms with Gasteiger partial charge in [-0.25, -0.2) is 4.68 Å². The summed E-state index contributed by atoms with van der Waals surface area (Å²) in [6.07, 6.45) is 4.67. The molecule has 5 heterocycles. The predicted molar refractivity (Wildman–Crippen MR) is 103 cm³/mol. The van der Waals surface area contributed by atoms with E-state index in [1.54, 1.807) is 11.3 Å². The summed E-state index contributed by atoms with van der Waals surface area (Å²) in [7, 11) is 0. The van der Waals surface area contributed by atoms with Crippen molar-refractivity contribution < 1.29 is 5.11 Å². The highest BCUT2D eigenvalue weighted by Crippen LogP contribution is 2.36. The lowest BCUT2D eigenvalue weighted by atomic mass is 9.84. The molecule has 3 saturated heterocycles. The minimum atomic E-state index is 0.0955. The molecule has 0 amide bonds. The molecule has 26 heavy (non-hydrogen) atoms. The first-order valence-electron chi connectivity index (χ1n) is 9.25. The number of thiophene rings is 1. The van der Waals surface area contributed by atoms with Crippen molar-refractivity contribution in [1.82, 2.24) is 19.9 Å². The van der Waals surface area contributed by atoms with Crippen LogP contribution < -0.4 is 0 Å². The normalized spacial score (nSPS) is 24.9. The maximum absolute atomic E-state index is 9.29. The van der Waals surface area contributed by atoms with E-state index in [0.29, 0.717) is 6.04 Å². The Hall–Kier alpha value is -2.02. The standard InChI is InChI=1S/C20H22N4OS/c25-13-17-4-5-20(26-17)16-3-1-2-15(10-16)18-11-24(22-21-18)19-12-23-8-6-14(19)7-9-23/h1-5,10-11,14,19,25H,6-9,12-13H2/t19-/m0/s1. The van der Waals surface area contributed by atoms with Gasteiger partial charge in [0.25, 0.3) is 0 Å². The molecule has 3 aromatic rings. The van der Waals surface area contributed by atoms with Gasteiger partial charge < -0.3 is 10.0 Å². The highest BCUT2D eigenvalue weighted by Gasteiger charge is 2.35. The molecule has 1 atom stereocenters. The monoisotopic (exact) mass is 366 g/mol. The zero-order valence-corrected chi connectivity index (χ0v) is 15.4. The van der Waals surface area contributed by atoms with E-state index in [2.05, 4.69) is 56.4 Å². The first kappa shape index (κ1) is 16.2. The molecule has 134 valence electrons. The fourth-order valence-electron chi connectivity index (χ4n) is 4.25. The van der Waals surface area contributed by atoms with E-state index >= 15 is 0 Å². The Labute approximate surface area is 156 Å². The summed E-state index contributed by atoms with van der Waals surface area (Å²) in [5, 5.41) is 18.2. The summed E-state index contributed by atoms with van der Waals surface area (Å²) in [5.41, 5.74) is 3.18. The minimum Gasteiger partial charge on any atom is -0.391 e. The molecule has 0 spiro atoms. The number of hydrogen-bond acceptors (Lipinski definition) is 5. The molecular weight excluding hydrogens is 344 g/mol. The Kier molecular flexibility index (Phi) is 4.11. The van der Waals surface area contributed by atoms with Crippen molar-refractivity contribution in [3.63, 3.8) is 0 Å². The van der Waals surface area contributed by atoms with E-state index in [-0.39, 0.29) is 6.61 Å². The maximum atomic E-state index is 9.29. The summed E-state index contributed by atoms with van der Waals surface area (Å²) in [4.78, 5) is 4.70. The Balaban J connectivity index is 1.42. The number of piperidine rings is 3. The Morgan fingerprint density at radius 3 is 2.69 bits per heavy atom. The SMILES string of the molecule is OCc1ccc(-c2cccc(-c3cn([C@H]4CN5CCC4CC5)nn3)c2)s1. The van der Waals surface area contributed by atoms with Crippen molar-refractivity contribution in [1.29, 1.82) is 0 Å². The van der Waals surface area contributed by atoms with Crippen LogP contribution in [0.4, 0.5) is 0 Å². The number of aromatic nitrogens is 3. The number of benzene rings is 1. The second-order valence-corrected chi connectivity index (χ2v) is 8.46. The van der Waals surface area contributed by atoms with Gasteiger partial charge in [0.05, 0.1) is 18.8 Å². The molecule has 1 aromatic carbocycles. The van der Waals surface area contributed by atoms with Gasteiger partial charge in [0.1, 0.15) is 5.69 Å². The molecule has 3 aliphatic rings. The average Bonchev–Trinajstić information content (AvgIpc) is 3.39. The van der Waals surface area contributed by atoms with Crippen LogP contribution in [0.3, 0.4) is 0 Å². The van der Waals surface area contributed by atoms with Crippen LogP contribution in [0.5, 0.6) is 0 Å². The van der Waals surface area contributed by atoms with Crippen molar-refractivity contribution in [2.45, 2.75) is 25.5 Å². The Morgan fingerprint density at radius 2 is 1.96 bits per heavy atom. The third kappa shape index (κ3) is 2.88. The molecule has 0 aliphatic carbocycles. The number of nitrogens with zero attached hydrogens (tertiary/aromatic N) is 4. The second-order valence-electron chi connectivity index (χ2n) is 7.29. The van der Waals surface area contributed by atoms with E-state index < -0.39 is 0 Å². The minimum absolute atomic E-state index is 0.0955. The third-order valence-electron chi connectivity index (χ3n) is 5.73. The lowest BCUT2D eigenvalue weighted by Gasteiger charge is -2.44. The van der Waals surface area contributed by atoms with Crippen LogP contribution in [0.25, 0.3) is 21.7 Å². The largest absolute Gasteiger partial charge is 0.391 e. The molecule has 2 aromatic heterocycles. The van der Waals surface area contributed by atoms with Crippen LogP contribution in [0.2, 0.25) is 0 Å². The van der Waals surface area contributed by atoms with Gasteiger partial charge in [-0.3, -0.25) is 0 Å². The molecule has 0 saturated carbocycles. The maximum Gasteiger partial charge on any atom is 0.113 e. The van der Waals surface area contributed by atoms with E-state index in [1.807, 2.05) is 6.07 Å². The van der Waals surface area contributed by atoms with E-state index in [0.717, 1.165) is 34.2 Å². The molecule has 0 radical (unpaired) electrons. The molecule has 0 unspecified atom stereocenters. The number of aliphatic hydroxyl groups excluding tert-OH is 1. The summed E-state index contributed by atoms with van der Waals surface area (Å²) in [6, 6.07) is 12.9.